The van der Waals surface area contributed by atoms with Gasteiger partial charge in [0.25, 0.3) is 5.91 Å². The molecule has 2 rings (SSSR count). The van der Waals surface area contributed by atoms with Crippen LogP contribution in [-0.4, -0.2) is 12.5 Å². The predicted octanol–water partition coefficient (Wildman–Crippen LogP) is 5.09. The van der Waals surface area contributed by atoms with E-state index in [1.54, 1.807) is 12.1 Å². The van der Waals surface area contributed by atoms with Crippen LogP contribution >= 0.6 is 38.5 Å². The van der Waals surface area contributed by atoms with Crippen LogP contribution in [0.4, 0.5) is 18.9 Å². The number of alkyl halides is 3. The molecule has 23 heavy (non-hydrogen) atoms. The third-order valence-corrected chi connectivity index (χ3v) is 4.14. The minimum Gasteiger partial charge on any atom is -0.484 e. The van der Waals surface area contributed by atoms with Gasteiger partial charge in [0.05, 0.1) is 11.3 Å². The van der Waals surface area contributed by atoms with Gasteiger partial charge in [-0.25, -0.2) is 0 Å². The van der Waals surface area contributed by atoms with E-state index in [9.17, 15) is 18.0 Å². The van der Waals surface area contributed by atoms with Gasteiger partial charge in [-0.2, -0.15) is 13.2 Å². The number of nitrogens with one attached hydrogen (secondary N) is 1. The number of amides is 1. The number of carbonyl (C=O) groups excluding carboxylic acids is 1. The Labute approximate surface area is 152 Å². The molecule has 0 unspecified atom stereocenters. The Kier molecular flexibility index (Phi) is 5.90. The number of ether oxygens (including phenoxy) is 1. The molecular formula is C15H10BrF3INO2. The number of hydrogen-bond donors (Lipinski definition) is 1. The van der Waals surface area contributed by atoms with Crippen molar-refractivity contribution in [2.45, 2.75) is 6.18 Å². The van der Waals surface area contributed by atoms with Crippen molar-refractivity contribution in [1.29, 1.82) is 0 Å². The van der Waals surface area contributed by atoms with Crippen LogP contribution in [0.3, 0.4) is 0 Å². The number of rotatable bonds is 4. The van der Waals surface area contributed by atoms with E-state index in [0.29, 0.717) is 5.69 Å². The van der Waals surface area contributed by atoms with Crippen molar-refractivity contribution in [2.24, 2.45) is 0 Å². The van der Waals surface area contributed by atoms with Crippen LogP contribution in [0.1, 0.15) is 5.56 Å². The van der Waals surface area contributed by atoms with Crippen LogP contribution < -0.4 is 10.1 Å². The number of hydrogen-bond acceptors (Lipinski definition) is 2. The standard InChI is InChI=1S/C15H10BrF3INO2/c16-10-3-6-13(12(20)7-10)21-14(22)8-23-11-4-1-9(2-5-11)15(17,18)19/h1-7H,8H2,(H,21,22). The maximum atomic E-state index is 12.4. The van der Waals surface area contributed by atoms with Gasteiger partial charge in [0.15, 0.2) is 6.61 Å². The van der Waals surface area contributed by atoms with E-state index in [0.717, 1.165) is 20.2 Å². The van der Waals surface area contributed by atoms with E-state index in [2.05, 4.69) is 43.8 Å². The highest BCUT2D eigenvalue weighted by Gasteiger charge is 2.30. The molecule has 0 saturated heterocycles. The highest BCUT2D eigenvalue weighted by molar-refractivity contribution is 14.1. The molecule has 0 atom stereocenters. The molecule has 2 aromatic carbocycles. The van der Waals surface area contributed by atoms with Gasteiger partial charge in [-0.05, 0) is 65.1 Å². The van der Waals surface area contributed by atoms with Gasteiger partial charge in [-0.15, -0.1) is 0 Å². The number of halogens is 5. The molecule has 0 aliphatic rings. The Hall–Kier alpha value is -1.29. The molecule has 0 fully saturated rings. The second kappa shape index (κ2) is 7.52. The molecule has 2 aromatic rings. The normalized spacial score (nSPS) is 11.2. The van der Waals surface area contributed by atoms with Crippen LogP contribution in [0, 0.1) is 3.57 Å². The van der Waals surface area contributed by atoms with Crippen molar-refractivity contribution in [3.05, 3.63) is 56.1 Å². The second-order valence-corrected chi connectivity index (χ2v) is 6.56. The lowest BCUT2D eigenvalue weighted by Crippen LogP contribution is -2.20. The summed E-state index contributed by atoms with van der Waals surface area (Å²) >= 11 is 5.40. The highest BCUT2D eigenvalue weighted by Crippen LogP contribution is 2.30. The van der Waals surface area contributed by atoms with Gasteiger partial charge in [0.2, 0.25) is 0 Å². The Balaban J connectivity index is 1.91. The molecule has 1 N–H and O–H groups in total. The second-order valence-electron chi connectivity index (χ2n) is 4.48. The minimum absolute atomic E-state index is 0.193. The van der Waals surface area contributed by atoms with Crippen molar-refractivity contribution in [3.63, 3.8) is 0 Å². The van der Waals surface area contributed by atoms with Crippen LogP contribution in [0.15, 0.2) is 46.9 Å². The lowest BCUT2D eigenvalue weighted by atomic mass is 10.2. The van der Waals surface area contributed by atoms with Gasteiger partial charge < -0.3 is 10.1 Å². The van der Waals surface area contributed by atoms with E-state index in [4.69, 9.17) is 4.74 Å². The minimum atomic E-state index is -4.39. The fraction of sp³-hybridized carbons (Fsp3) is 0.133. The van der Waals surface area contributed by atoms with E-state index in [1.165, 1.54) is 12.1 Å². The topological polar surface area (TPSA) is 38.3 Å². The van der Waals surface area contributed by atoms with Crippen LogP contribution in [0.2, 0.25) is 0 Å². The first-order valence-corrected chi connectivity index (χ1v) is 8.18. The first-order chi connectivity index (χ1) is 10.8. The number of benzene rings is 2. The highest BCUT2D eigenvalue weighted by atomic mass is 127. The first kappa shape index (κ1) is 18.1. The molecule has 8 heteroatoms. The van der Waals surface area contributed by atoms with E-state index in [-0.39, 0.29) is 12.4 Å². The summed E-state index contributed by atoms with van der Waals surface area (Å²) in [6, 6.07) is 9.54. The predicted molar refractivity (Wildman–Crippen MR) is 92.4 cm³/mol. The molecule has 0 aliphatic heterocycles. The molecule has 0 heterocycles. The monoisotopic (exact) mass is 499 g/mol. The van der Waals surface area contributed by atoms with Crippen LogP contribution in [0.25, 0.3) is 0 Å². The summed E-state index contributed by atoms with van der Waals surface area (Å²) in [4.78, 5) is 11.8. The Bertz CT molecular complexity index is 705. The largest absolute Gasteiger partial charge is 0.484 e. The Morgan fingerprint density at radius 2 is 1.83 bits per heavy atom. The quantitative estimate of drug-likeness (QED) is 0.595. The molecular weight excluding hydrogens is 490 g/mol. The summed E-state index contributed by atoms with van der Waals surface area (Å²) in [5, 5.41) is 2.67. The molecule has 0 radical (unpaired) electrons. The van der Waals surface area contributed by atoms with Gasteiger partial charge in [0, 0.05) is 8.04 Å². The van der Waals surface area contributed by atoms with Gasteiger partial charge in [-0.3, -0.25) is 4.79 Å². The van der Waals surface area contributed by atoms with Gasteiger partial charge in [-0.1, -0.05) is 15.9 Å². The summed E-state index contributed by atoms with van der Waals surface area (Å²) in [6.07, 6.45) is -4.39. The zero-order valence-corrected chi connectivity index (χ0v) is 15.2. The molecule has 1 amide bonds. The van der Waals surface area contributed by atoms with E-state index >= 15 is 0 Å². The van der Waals surface area contributed by atoms with Crippen LogP contribution in [0.5, 0.6) is 5.75 Å². The van der Waals surface area contributed by atoms with Crippen LogP contribution in [-0.2, 0) is 11.0 Å². The summed E-state index contributed by atoms with van der Waals surface area (Å²) in [6.45, 7) is -0.294. The smallest absolute Gasteiger partial charge is 0.416 e. The van der Waals surface area contributed by atoms with E-state index < -0.39 is 17.6 Å². The third-order valence-electron chi connectivity index (χ3n) is 2.76. The SMILES string of the molecule is O=C(COc1ccc(C(F)(F)F)cc1)Nc1ccc(Br)cc1I. The summed E-state index contributed by atoms with van der Waals surface area (Å²) in [5.74, 6) is -0.205. The van der Waals surface area contributed by atoms with E-state index in [1.807, 2.05) is 6.07 Å². The lowest BCUT2D eigenvalue weighted by Gasteiger charge is -2.10. The Morgan fingerprint density at radius 3 is 2.39 bits per heavy atom. The molecule has 0 bridgehead atoms. The molecule has 0 aromatic heterocycles. The summed E-state index contributed by atoms with van der Waals surface area (Å²) in [7, 11) is 0. The maximum Gasteiger partial charge on any atom is 0.416 e. The summed E-state index contributed by atoms with van der Waals surface area (Å²) in [5.41, 5.74) is -0.131. The maximum absolute atomic E-state index is 12.4. The average molecular weight is 500 g/mol. The first-order valence-electron chi connectivity index (χ1n) is 6.30. The zero-order valence-electron chi connectivity index (χ0n) is 11.5. The number of carbonyl (C=O) groups is 1. The third kappa shape index (κ3) is 5.38. The Morgan fingerprint density at radius 1 is 1.17 bits per heavy atom. The fourth-order valence-corrected chi connectivity index (χ4v) is 3.11. The lowest BCUT2D eigenvalue weighted by molar-refractivity contribution is -0.137. The fourth-order valence-electron chi connectivity index (χ4n) is 1.67. The molecule has 0 aliphatic carbocycles. The molecule has 122 valence electrons. The van der Waals surface area contributed by atoms with Crippen molar-refractivity contribution in [3.8, 4) is 5.75 Å². The summed E-state index contributed by atoms with van der Waals surface area (Å²) < 4.78 is 44.2. The van der Waals surface area contributed by atoms with Gasteiger partial charge in [0.1, 0.15) is 5.75 Å². The van der Waals surface area contributed by atoms with Crippen molar-refractivity contribution >= 4 is 50.1 Å². The van der Waals surface area contributed by atoms with Crippen molar-refractivity contribution in [1.82, 2.24) is 0 Å². The average Bonchev–Trinajstić information content (AvgIpc) is 2.47. The van der Waals surface area contributed by atoms with Gasteiger partial charge >= 0.3 is 6.18 Å². The molecule has 0 spiro atoms. The molecule has 0 saturated carbocycles. The number of anilines is 1. The van der Waals surface area contributed by atoms with Crippen molar-refractivity contribution < 1.29 is 22.7 Å². The zero-order chi connectivity index (χ0) is 17.0. The van der Waals surface area contributed by atoms with Crippen molar-refractivity contribution in [2.75, 3.05) is 11.9 Å². The molecule has 3 nitrogen and oxygen atoms in total.